The minimum Gasteiger partial charge on any atom is -0.369 e. The largest absolute Gasteiger partial charge is 0.369 e. The summed E-state index contributed by atoms with van der Waals surface area (Å²) in [6.45, 7) is 5.23. The van der Waals surface area contributed by atoms with Gasteiger partial charge in [-0.05, 0) is 38.7 Å². The van der Waals surface area contributed by atoms with Crippen LogP contribution in [-0.2, 0) is 4.79 Å². The number of fused-ring (bicyclic) bond motifs is 1. The third kappa shape index (κ3) is 2.72. The predicted molar refractivity (Wildman–Crippen MR) is 101 cm³/mol. The fourth-order valence-corrected chi connectivity index (χ4v) is 4.95. The van der Waals surface area contributed by atoms with Gasteiger partial charge in [-0.25, -0.2) is 14.8 Å². The zero-order chi connectivity index (χ0) is 18.3. The molecule has 2 N–H and O–H groups in total. The quantitative estimate of drug-likeness (QED) is 0.621. The normalized spacial score (nSPS) is 18.9. The Morgan fingerprint density at radius 2 is 2.04 bits per heavy atom. The number of aryl methyl sites for hydroxylation is 2. The molecule has 7 nitrogen and oxygen atoms in total. The van der Waals surface area contributed by atoms with E-state index in [1.54, 1.807) is 17.7 Å². The van der Waals surface area contributed by atoms with E-state index in [2.05, 4.69) is 34.4 Å². The number of imide groups is 1. The van der Waals surface area contributed by atoms with Gasteiger partial charge in [0, 0.05) is 18.0 Å². The van der Waals surface area contributed by atoms with E-state index in [0.717, 1.165) is 41.7 Å². The van der Waals surface area contributed by atoms with E-state index in [-0.39, 0.29) is 11.9 Å². The summed E-state index contributed by atoms with van der Waals surface area (Å²) in [5.41, 5.74) is 0.583. The maximum atomic E-state index is 12.6. The summed E-state index contributed by atoms with van der Waals surface area (Å²) in [7, 11) is 0. The van der Waals surface area contributed by atoms with Crippen molar-refractivity contribution in [2.75, 3.05) is 18.4 Å². The van der Waals surface area contributed by atoms with Crippen LogP contribution in [0.1, 0.15) is 42.5 Å². The highest BCUT2D eigenvalue weighted by molar-refractivity contribution is 7.18. The zero-order valence-corrected chi connectivity index (χ0v) is 15.9. The second-order valence-electron chi connectivity index (χ2n) is 7.14. The molecule has 4 rings (SSSR count). The molecule has 1 aliphatic carbocycles. The molecule has 2 aliphatic rings. The molecule has 0 radical (unpaired) electrons. The Morgan fingerprint density at radius 3 is 2.81 bits per heavy atom. The predicted octanol–water partition coefficient (Wildman–Crippen LogP) is 2.97. The van der Waals surface area contributed by atoms with Gasteiger partial charge in [0.1, 0.15) is 22.5 Å². The Bertz CT molecular complexity index is 872. The smallest absolute Gasteiger partial charge is 0.325 e. The number of nitrogens with zero attached hydrogens (tertiary/aromatic N) is 3. The molecule has 26 heavy (non-hydrogen) atoms. The Kier molecular flexibility index (Phi) is 4.30. The Hall–Kier alpha value is -2.22. The summed E-state index contributed by atoms with van der Waals surface area (Å²) in [4.78, 5) is 37.1. The highest BCUT2D eigenvalue weighted by Gasteiger charge is 2.51. The van der Waals surface area contributed by atoms with Crippen LogP contribution in [0.25, 0.3) is 10.2 Å². The number of anilines is 1. The van der Waals surface area contributed by atoms with Crippen LogP contribution < -0.4 is 10.6 Å². The fourth-order valence-electron chi connectivity index (χ4n) is 3.96. The molecule has 0 bridgehead atoms. The van der Waals surface area contributed by atoms with E-state index in [1.807, 2.05) is 0 Å². The van der Waals surface area contributed by atoms with Gasteiger partial charge in [-0.2, -0.15) is 0 Å². The Morgan fingerprint density at radius 1 is 1.27 bits per heavy atom. The second-order valence-corrected chi connectivity index (χ2v) is 8.35. The third-order valence-electron chi connectivity index (χ3n) is 5.52. The molecule has 2 fully saturated rings. The minimum atomic E-state index is -0.616. The van der Waals surface area contributed by atoms with Gasteiger partial charge < -0.3 is 10.6 Å². The maximum absolute atomic E-state index is 12.6. The van der Waals surface area contributed by atoms with E-state index < -0.39 is 5.54 Å². The van der Waals surface area contributed by atoms with Gasteiger partial charge in [0.15, 0.2) is 0 Å². The average Bonchev–Trinajstić information content (AvgIpc) is 3.26. The maximum Gasteiger partial charge on any atom is 0.325 e. The lowest BCUT2D eigenvalue weighted by atomic mass is 9.98. The highest BCUT2D eigenvalue weighted by atomic mass is 32.1. The van der Waals surface area contributed by atoms with Crippen molar-refractivity contribution in [3.05, 3.63) is 16.8 Å². The summed E-state index contributed by atoms with van der Waals surface area (Å²) in [5, 5.41) is 7.33. The molecule has 2 aromatic rings. The molecule has 1 aliphatic heterocycles. The summed E-state index contributed by atoms with van der Waals surface area (Å²) in [6.07, 6.45) is 5.80. The number of hydrogen-bond donors (Lipinski definition) is 2. The van der Waals surface area contributed by atoms with Crippen molar-refractivity contribution in [1.82, 2.24) is 20.2 Å². The summed E-state index contributed by atoms with van der Waals surface area (Å²) >= 11 is 1.67. The number of aromatic nitrogens is 2. The SMILES string of the molecule is Cc1sc2ncnc(NCCCN3C(=O)NC4(CCCC4)C3=O)c2c1C. The van der Waals surface area contributed by atoms with Crippen molar-refractivity contribution in [2.24, 2.45) is 0 Å². The van der Waals surface area contributed by atoms with Crippen LogP contribution >= 0.6 is 11.3 Å². The van der Waals surface area contributed by atoms with Crippen LogP contribution in [0.3, 0.4) is 0 Å². The van der Waals surface area contributed by atoms with E-state index >= 15 is 0 Å². The van der Waals surface area contributed by atoms with Crippen LogP contribution in [0.5, 0.6) is 0 Å². The number of thiophene rings is 1. The van der Waals surface area contributed by atoms with Crippen molar-refractivity contribution in [3.8, 4) is 0 Å². The standard InChI is InChI=1S/C18H23N5O2S/c1-11-12(2)26-15-13(11)14(20-10-21-15)19-8-5-9-23-16(24)18(22-17(23)25)6-3-4-7-18/h10H,3-9H2,1-2H3,(H,22,25)(H,19,20,21). The first-order chi connectivity index (χ1) is 12.5. The Labute approximate surface area is 156 Å². The van der Waals surface area contributed by atoms with E-state index in [0.29, 0.717) is 19.5 Å². The first-order valence-electron chi connectivity index (χ1n) is 9.10. The van der Waals surface area contributed by atoms with Crippen molar-refractivity contribution in [3.63, 3.8) is 0 Å². The number of urea groups is 1. The van der Waals surface area contributed by atoms with Gasteiger partial charge >= 0.3 is 6.03 Å². The van der Waals surface area contributed by atoms with Crippen molar-refractivity contribution in [1.29, 1.82) is 0 Å². The van der Waals surface area contributed by atoms with Gasteiger partial charge in [0.2, 0.25) is 0 Å². The number of hydrogen-bond acceptors (Lipinski definition) is 6. The monoisotopic (exact) mass is 373 g/mol. The molecule has 138 valence electrons. The molecule has 1 saturated heterocycles. The molecule has 0 aromatic carbocycles. The van der Waals surface area contributed by atoms with Gasteiger partial charge in [-0.15, -0.1) is 11.3 Å². The van der Waals surface area contributed by atoms with E-state index in [1.165, 1.54) is 15.3 Å². The van der Waals surface area contributed by atoms with Crippen molar-refractivity contribution >= 4 is 39.3 Å². The van der Waals surface area contributed by atoms with Crippen LogP contribution in [0, 0.1) is 13.8 Å². The number of rotatable bonds is 5. The third-order valence-corrected chi connectivity index (χ3v) is 6.63. The molecular formula is C18H23N5O2S. The van der Waals surface area contributed by atoms with E-state index in [9.17, 15) is 9.59 Å². The number of carbonyl (C=O) groups excluding carboxylic acids is 2. The van der Waals surface area contributed by atoms with E-state index in [4.69, 9.17) is 0 Å². The molecule has 3 amide bonds. The highest BCUT2D eigenvalue weighted by Crippen LogP contribution is 2.35. The van der Waals surface area contributed by atoms with Crippen LogP contribution in [0.4, 0.5) is 10.6 Å². The van der Waals surface area contributed by atoms with Crippen LogP contribution in [0.2, 0.25) is 0 Å². The van der Waals surface area contributed by atoms with Crippen molar-refractivity contribution in [2.45, 2.75) is 51.5 Å². The van der Waals surface area contributed by atoms with Gasteiger partial charge in [-0.3, -0.25) is 9.69 Å². The Balaban J connectivity index is 1.38. The summed E-state index contributed by atoms with van der Waals surface area (Å²) < 4.78 is 0. The first-order valence-corrected chi connectivity index (χ1v) is 9.92. The summed E-state index contributed by atoms with van der Waals surface area (Å²) in [5.74, 6) is 0.773. The minimum absolute atomic E-state index is 0.0475. The molecule has 2 aromatic heterocycles. The second kappa shape index (κ2) is 6.50. The summed E-state index contributed by atoms with van der Waals surface area (Å²) in [6, 6.07) is -0.245. The molecule has 3 heterocycles. The van der Waals surface area contributed by atoms with Crippen LogP contribution in [-0.4, -0.2) is 45.4 Å². The van der Waals surface area contributed by atoms with Gasteiger partial charge in [0.05, 0.1) is 5.39 Å². The molecule has 0 unspecified atom stereocenters. The van der Waals surface area contributed by atoms with Crippen molar-refractivity contribution < 1.29 is 9.59 Å². The lowest BCUT2D eigenvalue weighted by Gasteiger charge is -2.20. The number of carbonyl (C=O) groups is 2. The van der Waals surface area contributed by atoms with Crippen LogP contribution in [0.15, 0.2) is 6.33 Å². The molecule has 1 spiro atoms. The average molecular weight is 373 g/mol. The molecular weight excluding hydrogens is 350 g/mol. The lowest BCUT2D eigenvalue weighted by Crippen LogP contribution is -2.44. The number of amides is 3. The lowest BCUT2D eigenvalue weighted by molar-refractivity contribution is -0.131. The number of nitrogens with one attached hydrogen (secondary N) is 2. The fraction of sp³-hybridized carbons (Fsp3) is 0.556. The van der Waals surface area contributed by atoms with Gasteiger partial charge in [-0.1, -0.05) is 12.8 Å². The topological polar surface area (TPSA) is 87.2 Å². The molecule has 0 atom stereocenters. The molecule has 8 heteroatoms. The van der Waals surface area contributed by atoms with Gasteiger partial charge in [0.25, 0.3) is 5.91 Å². The zero-order valence-electron chi connectivity index (χ0n) is 15.1. The molecule has 1 saturated carbocycles. The first kappa shape index (κ1) is 17.2.